The minimum Gasteiger partial charge on any atom is -0.381 e. The molecule has 1 amide bonds. The van der Waals surface area contributed by atoms with Crippen molar-refractivity contribution in [1.82, 2.24) is 15.1 Å². The van der Waals surface area contributed by atoms with Crippen LogP contribution in [0.5, 0.6) is 0 Å². The number of nitrogens with one attached hydrogen (secondary N) is 1. The summed E-state index contributed by atoms with van der Waals surface area (Å²) in [6, 6.07) is 8.18. The van der Waals surface area contributed by atoms with Crippen molar-refractivity contribution in [2.24, 2.45) is 4.99 Å². The molecule has 0 spiro atoms. The first-order chi connectivity index (χ1) is 15.1. The van der Waals surface area contributed by atoms with Crippen LogP contribution < -0.4 is 5.32 Å². The number of nitrogens with zero attached hydrogens (tertiary/aromatic N) is 3. The first-order valence-electron chi connectivity index (χ1n) is 11.3. The van der Waals surface area contributed by atoms with Crippen LogP contribution in [-0.2, 0) is 19.7 Å². The van der Waals surface area contributed by atoms with E-state index in [4.69, 9.17) is 21.1 Å². The highest BCUT2D eigenvalue weighted by molar-refractivity contribution is 6.30. The number of aliphatic imine (C=N–C) groups is 1. The standard InChI is InChI=1S/C23H33ClN4O3/c1-25-22(28-11-9-27(10-12-28)21(29)20-6-3-13-31-20)26-17-23(7-14-30-15-8-23)18-4-2-5-19(24)16-18/h2,4-5,16,20H,3,6-15,17H2,1H3,(H,25,26). The zero-order valence-corrected chi connectivity index (χ0v) is 19.1. The van der Waals surface area contributed by atoms with Crippen LogP contribution >= 0.6 is 11.6 Å². The van der Waals surface area contributed by atoms with Crippen molar-refractivity contribution in [3.63, 3.8) is 0 Å². The lowest BCUT2D eigenvalue weighted by Gasteiger charge is -2.41. The molecule has 3 heterocycles. The van der Waals surface area contributed by atoms with Gasteiger partial charge in [-0.05, 0) is 43.4 Å². The van der Waals surface area contributed by atoms with Gasteiger partial charge in [-0.25, -0.2) is 0 Å². The number of amides is 1. The lowest BCUT2D eigenvalue weighted by atomic mass is 9.74. The summed E-state index contributed by atoms with van der Waals surface area (Å²) in [4.78, 5) is 21.3. The van der Waals surface area contributed by atoms with Crippen molar-refractivity contribution in [1.29, 1.82) is 0 Å². The minimum atomic E-state index is -0.241. The highest BCUT2D eigenvalue weighted by atomic mass is 35.5. The predicted octanol–water partition coefficient (Wildman–Crippen LogP) is 2.29. The van der Waals surface area contributed by atoms with Gasteiger partial charge in [0, 0.05) is 70.0 Å². The molecule has 8 heteroatoms. The van der Waals surface area contributed by atoms with Crippen LogP contribution in [-0.4, -0.2) is 87.4 Å². The Morgan fingerprint density at radius 1 is 1.19 bits per heavy atom. The Kier molecular flexibility index (Phi) is 7.35. The lowest BCUT2D eigenvalue weighted by molar-refractivity contribution is -0.142. The molecule has 4 rings (SSSR count). The van der Waals surface area contributed by atoms with Gasteiger partial charge in [0.2, 0.25) is 0 Å². The Balaban J connectivity index is 1.37. The minimum absolute atomic E-state index is 0.0311. The molecule has 7 nitrogen and oxygen atoms in total. The second-order valence-corrected chi connectivity index (χ2v) is 9.05. The van der Waals surface area contributed by atoms with Crippen molar-refractivity contribution >= 4 is 23.5 Å². The van der Waals surface area contributed by atoms with Crippen molar-refractivity contribution in [3.05, 3.63) is 34.9 Å². The number of rotatable bonds is 4. The second-order valence-electron chi connectivity index (χ2n) is 8.62. The third-order valence-electron chi connectivity index (χ3n) is 6.78. The van der Waals surface area contributed by atoms with Gasteiger partial charge in [-0.15, -0.1) is 0 Å². The summed E-state index contributed by atoms with van der Waals surface area (Å²) in [7, 11) is 1.82. The van der Waals surface area contributed by atoms with Gasteiger partial charge in [-0.2, -0.15) is 0 Å². The van der Waals surface area contributed by atoms with E-state index in [2.05, 4.69) is 27.3 Å². The molecule has 1 aromatic carbocycles. The van der Waals surface area contributed by atoms with Crippen LogP contribution in [0.25, 0.3) is 0 Å². The molecule has 31 heavy (non-hydrogen) atoms. The number of guanidine groups is 1. The summed E-state index contributed by atoms with van der Waals surface area (Å²) in [6.45, 7) is 5.91. The van der Waals surface area contributed by atoms with Gasteiger partial charge in [-0.3, -0.25) is 9.79 Å². The molecule has 1 N–H and O–H groups in total. The van der Waals surface area contributed by atoms with Crippen molar-refractivity contribution in [2.45, 2.75) is 37.2 Å². The fourth-order valence-corrected chi connectivity index (χ4v) is 5.03. The maximum absolute atomic E-state index is 12.6. The number of hydrogen-bond acceptors (Lipinski definition) is 4. The molecule has 1 atom stereocenters. The molecule has 0 bridgehead atoms. The van der Waals surface area contributed by atoms with Gasteiger partial charge < -0.3 is 24.6 Å². The van der Waals surface area contributed by atoms with Gasteiger partial charge >= 0.3 is 0 Å². The van der Waals surface area contributed by atoms with Gasteiger partial charge in [0.25, 0.3) is 5.91 Å². The number of ether oxygens (including phenoxy) is 2. The van der Waals surface area contributed by atoms with Gasteiger partial charge in [-0.1, -0.05) is 23.7 Å². The molecule has 3 aliphatic heterocycles. The maximum atomic E-state index is 12.6. The Hall–Kier alpha value is -1.83. The molecule has 0 saturated carbocycles. The van der Waals surface area contributed by atoms with Gasteiger partial charge in [0.05, 0.1) is 0 Å². The molecule has 1 aromatic rings. The van der Waals surface area contributed by atoms with E-state index in [1.807, 2.05) is 24.1 Å². The average Bonchev–Trinajstić information content (AvgIpc) is 3.35. The van der Waals surface area contributed by atoms with Crippen LogP contribution in [0, 0.1) is 0 Å². The van der Waals surface area contributed by atoms with E-state index >= 15 is 0 Å². The molecular formula is C23H33ClN4O3. The van der Waals surface area contributed by atoms with E-state index in [9.17, 15) is 4.79 Å². The number of carbonyl (C=O) groups excluding carboxylic acids is 1. The molecule has 0 radical (unpaired) electrons. The SMILES string of the molecule is CN=C(NCC1(c2cccc(Cl)c2)CCOCC1)N1CCN(C(=O)C2CCCO2)CC1. The fourth-order valence-electron chi connectivity index (χ4n) is 4.84. The van der Waals surface area contributed by atoms with E-state index in [0.717, 1.165) is 69.5 Å². The Morgan fingerprint density at radius 2 is 1.94 bits per heavy atom. The molecule has 0 aromatic heterocycles. The summed E-state index contributed by atoms with van der Waals surface area (Å²) in [6.07, 6.45) is 3.47. The van der Waals surface area contributed by atoms with Crippen LogP contribution in [0.1, 0.15) is 31.2 Å². The topological polar surface area (TPSA) is 66.4 Å². The van der Waals surface area contributed by atoms with Crippen LogP contribution in [0.3, 0.4) is 0 Å². The molecule has 1 unspecified atom stereocenters. The summed E-state index contributed by atoms with van der Waals surface area (Å²) in [5.41, 5.74) is 1.22. The lowest BCUT2D eigenvalue weighted by Crippen LogP contribution is -2.56. The van der Waals surface area contributed by atoms with Crippen molar-refractivity contribution < 1.29 is 14.3 Å². The molecule has 3 fully saturated rings. The fraction of sp³-hybridized carbons (Fsp3) is 0.652. The Bertz CT molecular complexity index is 783. The van der Waals surface area contributed by atoms with Crippen LogP contribution in [0.4, 0.5) is 0 Å². The third-order valence-corrected chi connectivity index (χ3v) is 7.01. The smallest absolute Gasteiger partial charge is 0.251 e. The number of benzene rings is 1. The molecule has 3 saturated heterocycles. The van der Waals surface area contributed by atoms with Crippen molar-refractivity contribution in [3.8, 4) is 0 Å². The van der Waals surface area contributed by atoms with E-state index in [1.54, 1.807) is 0 Å². The quantitative estimate of drug-likeness (QED) is 0.565. The number of carbonyl (C=O) groups is 1. The zero-order valence-electron chi connectivity index (χ0n) is 18.3. The van der Waals surface area contributed by atoms with E-state index in [-0.39, 0.29) is 17.4 Å². The Labute approximate surface area is 189 Å². The largest absolute Gasteiger partial charge is 0.381 e. The van der Waals surface area contributed by atoms with E-state index in [1.165, 1.54) is 5.56 Å². The van der Waals surface area contributed by atoms with Crippen LogP contribution in [0.2, 0.25) is 5.02 Å². The van der Waals surface area contributed by atoms with E-state index in [0.29, 0.717) is 19.7 Å². The summed E-state index contributed by atoms with van der Waals surface area (Å²) >= 11 is 6.30. The normalized spacial score (nSPS) is 24.3. The number of hydrogen-bond donors (Lipinski definition) is 1. The third kappa shape index (κ3) is 5.16. The number of halogens is 1. The molecule has 0 aliphatic carbocycles. The molecule has 170 valence electrons. The van der Waals surface area contributed by atoms with Crippen LogP contribution in [0.15, 0.2) is 29.3 Å². The zero-order chi connectivity index (χ0) is 21.7. The highest BCUT2D eigenvalue weighted by Gasteiger charge is 2.36. The first-order valence-corrected chi connectivity index (χ1v) is 11.7. The Morgan fingerprint density at radius 3 is 2.58 bits per heavy atom. The predicted molar refractivity (Wildman–Crippen MR) is 122 cm³/mol. The summed E-state index contributed by atoms with van der Waals surface area (Å²) < 4.78 is 11.2. The maximum Gasteiger partial charge on any atom is 0.251 e. The van der Waals surface area contributed by atoms with E-state index < -0.39 is 0 Å². The first kappa shape index (κ1) is 22.4. The summed E-state index contributed by atoms with van der Waals surface area (Å²) in [5.74, 6) is 1.03. The second kappa shape index (κ2) is 10.2. The number of piperazine rings is 1. The monoisotopic (exact) mass is 448 g/mol. The summed E-state index contributed by atoms with van der Waals surface area (Å²) in [5, 5.41) is 4.38. The van der Waals surface area contributed by atoms with Gasteiger partial charge in [0.15, 0.2) is 5.96 Å². The average molecular weight is 449 g/mol. The van der Waals surface area contributed by atoms with Crippen molar-refractivity contribution in [2.75, 3.05) is 59.6 Å². The molecular weight excluding hydrogens is 416 g/mol. The van der Waals surface area contributed by atoms with Gasteiger partial charge in [0.1, 0.15) is 6.10 Å². The molecule has 3 aliphatic rings. The highest BCUT2D eigenvalue weighted by Crippen LogP contribution is 2.35.